The average molecular weight is 427 g/mol. The lowest BCUT2D eigenvalue weighted by molar-refractivity contribution is -0.115. The molecule has 0 heterocycles. The van der Waals surface area contributed by atoms with Crippen molar-refractivity contribution < 1.29 is 14.3 Å². The Balaban J connectivity index is 1.44. The van der Waals surface area contributed by atoms with Gasteiger partial charge in [-0.05, 0) is 61.4 Å². The number of methoxy groups -OCH3 is 1. The van der Waals surface area contributed by atoms with Crippen molar-refractivity contribution in [2.45, 2.75) is 49.5 Å². The van der Waals surface area contributed by atoms with Gasteiger partial charge < -0.3 is 15.0 Å². The van der Waals surface area contributed by atoms with E-state index in [1.165, 1.54) is 19.3 Å². The monoisotopic (exact) mass is 426 g/mol. The zero-order chi connectivity index (χ0) is 21.3. The lowest BCUT2D eigenvalue weighted by Crippen LogP contribution is -2.38. The fourth-order valence-corrected chi connectivity index (χ4v) is 4.54. The van der Waals surface area contributed by atoms with Crippen molar-refractivity contribution in [2.75, 3.05) is 25.2 Å². The first kappa shape index (κ1) is 22.2. The van der Waals surface area contributed by atoms with Crippen LogP contribution in [0.2, 0.25) is 0 Å². The molecular formula is C24H30N2O3S. The van der Waals surface area contributed by atoms with Crippen LogP contribution in [0.3, 0.4) is 0 Å². The van der Waals surface area contributed by atoms with E-state index in [1.54, 1.807) is 43.1 Å². The van der Waals surface area contributed by atoms with E-state index in [0.29, 0.717) is 29.5 Å². The van der Waals surface area contributed by atoms with Crippen LogP contribution in [0.4, 0.5) is 5.69 Å². The van der Waals surface area contributed by atoms with Gasteiger partial charge in [-0.1, -0.05) is 19.3 Å². The number of hydrogen-bond donors (Lipinski definition) is 1. The van der Waals surface area contributed by atoms with E-state index in [1.807, 2.05) is 36.2 Å². The predicted molar refractivity (Wildman–Crippen MR) is 122 cm³/mol. The summed E-state index contributed by atoms with van der Waals surface area (Å²) >= 11 is 1.63. The molecule has 0 aliphatic heterocycles. The molecule has 0 radical (unpaired) electrons. The third-order valence-electron chi connectivity index (χ3n) is 5.52. The van der Waals surface area contributed by atoms with Gasteiger partial charge in [-0.15, -0.1) is 11.8 Å². The molecule has 1 aliphatic carbocycles. The highest BCUT2D eigenvalue weighted by atomic mass is 32.2. The van der Waals surface area contributed by atoms with E-state index in [-0.39, 0.29) is 11.8 Å². The number of ether oxygens (including phenoxy) is 1. The maximum atomic E-state index is 12.7. The van der Waals surface area contributed by atoms with Crippen LogP contribution in [0.5, 0.6) is 5.75 Å². The van der Waals surface area contributed by atoms with Crippen molar-refractivity contribution in [1.82, 2.24) is 4.90 Å². The normalized spacial score (nSPS) is 14.2. The summed E-state index contributed by atoms with van der Waals surface area (Å²) in [5.74, 6) is 1.54. The van der Waals surface area contributed by atoms with Gasteiger partial charge in [0.15, 0.2) is 0 Å². The largest absolute Gasteiger partial charge is 0.497 e. The van der Waals surface area contributed by atoms with Crippen LogP contribution in [0, 0.1) is 0 Å². The van der Waals surface area contributed by atoms with Gasteiger partial charge in [0.1, 0.15) is 5.75 Å². The molecule has 1 N–H and O–H groups in total. The van der Waals surface area contributed by atoms with Crippen molar-refractivity contribution in [3.8, 4) is 5.75 Å². The highest BCUT2D eigenvalue weighted by molar-refractivity contribution is 7.99. The van der Waals surface area contributed by atoms with Gasteiger partial charge in [-0.25, -0.2) is 0 Å². The van der Waals surface area contributed by atoms with E-state index < -0.39 is 0 Å². The number of benzene rings is 2. The van der Waals surface area contributed by atoms with Gasteiger partial charge in [0.2, 0.25) is 5.91 Å². The number of nitrogens with one attached hydrogen (secondary N) is 1. The van der Waals surface area contributed by atoms with Crippen LogP contribution < -0.4 is 10.1 Å². The molecule has 2 aromatic carbocycles. The number of rotatable bonds is 8. The Morgan fingerprint density at radius 2 is 1.70 bits per heavy atom. The van der Waals surface area contributed by atoms with Crippen LogP contribution in [-0.2, 0) is 4.79 Å². The third-order valence-corrected chi connectivity index (χ3v) is 6.53. The molecule has 1 aliphatic rings. The van der Waals surface area contributed by atoms with E-state index in [9.17, 15) is 9.59 Å². The van der Waals surface area contributed by atoms with Crippen molar-refractivity contribution >= 4 is 29.3 Å². The molecule has 3 rings (SSSR count). The summed E-state index contributed by atoms with van der Waals surface area (Å²) in [5.41, 5.74) is 1.38. The molecule has 160 valence electrons. The summed E-state index contributed by atoms with van der Waals surface area (Å²) in [6.07, 6.45) is 6.26. The first-order valence-corrected chi connectivity index (χ1v) is 11.5. The standard InChI is InChI=1S/C24H30N2O3S/c1-26(20-6-4-3-5-7-20)24(28)18-8-10-19(11-9-18)25-23(27)16-17-30-22-14-12-21(29-2)13-15-22/h8-15,20H,3-7,16-17H2,1-2H3,(H,25,27). The van der Waals surface area contributed by atoms with Crippen molar-refractivity contribution in [3.05, 3.63) is 54.1 Å². The number of nitrogens with zero attached hydrogens (tertiary/aromatic N) is 1. The molecule has 5 nitrogen and oxygen atoms in total. The summed E-state index contributed by atoms with van der Waals surface area (Å²) in [5, 5.41) is 2.91. The summed E-state index contributed by atoms with van der Waals surface area (Å²) in [6.45, 7) is 0. The highest BCUT2D eigenvalue weighted by Crippen LogP contribution is 2.24. The molecule has 0 unspecified atom stereocenters. The minimum atomic E-state index is -0.0330. The number of hydrogen-bond acceptors (Lipinski definition) is 4. The topological polar surface area (TPSA) is 58.6 Å². The maximum absolute atomic E-state index is 12.7. The first-order valence-electron chi connectivity index (χ1n) is 10.5. The van der Waals surface area contributed by atoms with Gasteiger partial charge in [-0.2, -0.15) is 0 Å². The Labute approximate surface area is 183 Å². The molecular weight excluding hydrogens is 396 g/mol. The molecule has 0 aromatic heterocycles. The van der Waals surface area contributed by atoms with Crippen LogP contribution >= 0.6 is 11.8 Å². The molecule has 6 heteroatoms. The molecule has 0 atom stereocenters. The fraction of sp³-hybridized carbons (Fsp3) is 0.417. The summed E-state index contributed by atoms with van der Waals surface area (Å²) < 4.78 is 5.15. The average Bonchev–Trinajstić information content (AvgIpc) is 2.79. The van der Waals surface area contributed by atoms with Gasteiger partial charge in [-0.3, -0.25) is 9.59 Å². The predicted octanol–water partition coefficient (Wildman–Crippen LogP) is 5.22. The quantitative estimate of drug-likeness (QED) is 0.588. The molecule has 0 spiro atoms. The van der Waals surface area contributed by atoms with Crippen LogP contribution in [0.15, 0.2) is 53.4 Å². The second-order valence-electron chi connectivity index (χ2n) is 7.61. The molecule has 0 saturated heterocycles. The molecule has 2 aromatic rings. The van der Waals surface area contributed by atoms with Crippen molar-refractivity contribution in [1.29, 1.82) is 0 Å². The van der Waals surface area contributed by atoms with Gasteiger partial charge >= 0.3 is 0 Å². The molecule has 1 saturated carbocycles. The first-order chi connectivity index (χ1) is 14.6. The summed E-state index contributed by atoms with van der Waals surface area (Å²) in [4.78, 5) is 27.9. The van der Waals surface area contributed by atoms with E-state index in [4.69, 9.17) is 4.74 Å². The van der Waals surface area contributed by atoms with Gasteiger partial charge in [0, 0.05) is 41.4 Å². The van der Waals surface area contributed by atoms with Crippen molar-refractivity contribution in [3.63, 3.8) is 0 Å². The number of anilines is 1. The number of amides is 2. The number of carbonyl (C=O) groups excluding carboxylic acids is 2. The van der Waals surface area contributed by atoms with Gasteiger partial charge in [0.25, 0.3) is 5.91 Å². The maximum Gasteiger partial charge on any atom is 0.253 e. The molecule has 1 fully saturated rings. The number of thioether (sulfide) groups is 1. The van der Waals surface area contributed by atoms with E-state index in [0.717, 1.165) is 23.5 Å². The molecule has 30 heavy (non-hydrogen) atoms. The Kier molecular flexibility index (Phi) is 8.20. The summed E-state index contributed by atoms with van der Waals surface area (Å²) in [7, 11) is 3.54. The third kappa shape index (κ3) is 6.26. The minimum Gasteiger partial charge on any atom is -0.497 e. The van der Waals surface area contributed by atoms with Crippen LogP contribution in [0.1, 0.15) is 48.9 Å². The zero-order valence-corrected chi connectivity index (χ0v) is 18.5. The minimum absolute atomic E-state index is 0.0330. The lowest BCUT2D eigenvalue weighted by Gasteiger charge is -2.31. The SMILES string of the molecule is COc1ccc(SCCC(=O)Nc2ccc(C(=O)N(C)C3CCCCC3)cc2)cc1. The number of carbonyl (C=O) groups is 2. The van der Waals surface area contributed by atoms with Crippen molar-refractivity contribution in [2.24, 2.45) is 0 Å². The molecule has 2 amide bonds. The van der Waals surface area contributed by atoms with Crippen LogP contribution in [-0.4, -0.2) is 42.7 Å². The summed E-state index contributed by atoms with van der Waals surface area (Å²) in [6, 6.07) is 15.3. The molecule has 0 bridgehead atoms. The Morgan fingerprint density at radius 1 is 1.03 bits per heavy atom. The Bertz CT molecular complexity index is 831. The van der Waals surface area contributed by atoms with E-state index in [2.05, 4.69) is 5.32 Å². The van der Waals surface area contributed by atoms with Crippen LogP contribution in [0.25, 0.3) is 0 Å². The van der Waals surface area contributed by atoms with E-state index >= 15 is 0 Å². The Hall–Kier alpha value is -2.47. The highest BCUT2D eigenvalue weighted by Gasteiger charge is 2.22. The van der Waals surface area contributed by atoms with Gasteiger partial charge in [0.05, 0.1) is 7.11 Å². The Morgan fingerprint density at radius 3 is 2.33 bits per heavy atom. The smallest absolute Gasteiger partial charge is 0.253 e. The fourth-order valence-electron chi connectivity index (χ4n) is 3.69. The second kappa shape index (κ2) is 11.1. The second-order valence-corrected chi connectivity index (χ2v) is 8.78. The zero-order valence-electron chi connectivity index (χ0n) is 17.7. The lowest BCUT2D eigenvalue weighted by atomic mass is 9.94.